The smallest absolute Gasteiger partial charge is 0.0948 e. The largest absolute Gasteiger partial charge is 0.271 e. The van der Waals surface area contributed by atoms with Gasteiger partial charge in [0.1, 0.15) is 0 Å². The molecular formula is C11H16ClN5S. The topological polar surface area (TPSA) is 68.8 Å². The normalized spacial score (nSPS) is 12.9. The molecule has 0 aliphatic rings. The second-order valence-electron chi connectivity index (χ2n) is 4.00. The highest BCUT2D eigenvalue weighted by molar-refractivity contribution is 7.09. The van der Waals surface area contributed by atoms with Crippen molar-refractivity contribution in [3.05, 3.63) is 33.0 Å². The maximum atomic E-state index is 6.17. The summed E-state index contributed by atoms with van der Waals surface area (Å²) in [5.41, 5.74) is 4.74. The molecule has 0 spiro atoms. The molecule has 0 bridgehead atoms. The third-order valence-corrected chi connectivity index (χ3v) is 3.99. The van der Waals surface area contributed by atoms with Crippen LogP contribution in [-0.4, -0.2) is 14.8 Å². The Morgan fingerprint density at radius 2 is 2.39 bits per heavy atom. The summed E-state index contributed by atoms with van der Waals surface area (Å²) in [5.74, 6) is 5.64. The number of nitrogens with two attached hydrogens (primary N) is 1. The molecule has 2 aromatic rings. The highest BCUT2D eigenvalue weighted by atomic mass is 35.5. The van der Waals surface area contributed by atoms with E-state index in [1.54, 1.807) is 17.5 Å². The van der Waals surface area contributed by atoms with Crippen LogP contribution in [0.25, 0.3) is 0 Å². The molecule has 5 nitrogen and oxygen atoms in total. The third kappa shape index (κ3) is 2.72. The standard InChI is InChI=1S/C11H16ClN5S/c1-3-17-11(8(12)5-14-17)9(16-13)4-10-15-7(2)6-18-10/h5-6,9,16H,3-4,13H2,1-2H3. The zero-order valence-corrected chi connectivity index (χ0v) is 11.9. The van der Waals surface area contributed by atoms with Crippen molar-refractivity contribution < 1.29 is 0 Å². The fourth-order valence-electron chi connectivity index (χ4n) is 1.88. The van der Waals surface area contributed by atoms with E-state index in [2.05, 4.69) is 15.5 Å². The maximum absolute atomic E-state index is 6.17. The molecule has 0 fully saturated rings. The van der Waals surface area contributed by atoms with Gasteiger partial charge in [0, 0.05) is 24.0 Å². The highest BCUT2D eigenvalue weighted by Gasteiger charge is 2.20. The molecule has 2 aromatic heterocycles. The van der Waals surface area contributed by atoms with E-state index in [1.165, 1.54) is 0 Å². The summed E-state index contributed by atoms with van der Waals surface area (Å²) in [6.07, 6.45) is 2.36. The Morgan fingerprint density at radius 1 is 1.61 bits per heavy atom. The summed E-state index contributed by atoms with van der Waals surface area (Å²) in [6.45, 7) is 4.76. The van der Waals surface area contributed by atoms with E-state index < -0.39 is 0 Å². The van der Waals surface area contributed by atoms with Gasteiger partial charge in [0.25, 0.3) is 0 Å². The number of hydrazine groups is 1. The van der Waals surface area contributed by atoms with Gasteiger partial charge >= 0.3 is 0 Å². The van der Waals surface area contributed by atoms with Gasteiger partial charge in [-0.05, 0) is 13.8 Å². The van der Waals surface area contributed by atoms with Crippen LogP contribution in [0.15, 0.2) is 11.6 Å². The number of aromatic nitrogens is 3. The van der Waals surface area contributed by atoms with Gasteiger partial charge in [-0.15, -0.1) is 11.3 Å². The SMILES string of the molecule is CCn1ncc(Cl)c1C(Cc1nc(C)cs1)NN. The van der Waals surface area contributed by atoms with Gasteiger partial charge in [-0.2, -0.15) is 5.10 Å². The van der Waals surface area contributed by atoms with Crippen LogP contribution in [-0.2, 0) is 13.0 Å². The first-order valence-electron chi connectivity index (χ1n) is 5.74. The average Bonchev–Trinajstić information content (AvgIpc) is 2.92. The van der Waals surface area contributed by atoms with Gasteiger partial charge in [0.05, 0.1) is 28.0 Å². The lowest BCUT2D eigenvalue weighted by Gasteiger charge is -2.16. The van der Waals surface area contributed by atoms with E-state index in [1.807, 2.05) is 23.9 Å². The molecule has 7 heteroatoms. The number of hydrogen-bond acceptors (Lipinski definition) is 5. The van der Waals surface area contributed by atoms with E-state index in [9.17, 15) is 0 Å². The molecule has 2 rings (SSSR count). The summed E-state index contributed by atoms with van der Waals surface area (Å²) in [5, 5.41) is 7.92. The quantitative estimate of drug-likeness (QED) is 0.652. The fourth-order valence-corrected chi connectivity index (χ4v) is 2.97. The Hall–Kier alpha value is -0.950. The Labute approximate surface area is 115 Å². The summed E-state index contributed by atoms with van der Waals surface area (Å²) >= 11 is 7.80. The van der Waals surface area contributed by atoms with E-state index in [4.69, 9.17) is 17.4 Å². The Bertz CT molecular complexity index is 521. The lowest BCUT2D eigenvalue weighted by atomic mass is 10.1. The summed E-state index contributed by atoms with van der Waals surface area (Å²) in [6, 6.07) is -0.0782. The Balaban J connectivity index is 2.25. The number of aryl methyl sites for hydroxylation is 2. The molecule has 3 N–H and O–H groups in total. The average molecular weight is 286 g/mol. The van der Waals surface area contributed by atoms with Gasteiger partial charge in [-0.1, -0.05) is 11.6 Å². The summed E-state index contributed by atoms with van der Waals surface area (Å²) in [7, 11) is 0. The number of hydrogen-bond donors (Lipinski definition) is 2. The molecule has 0 saturated heterocycles. The molecule has 1 atom stereocenters. The lowest BCUT2D eigenvalue weighted by Crippen LogP contribution is -2.31. The number of nitrogens with one attached hydrogen (secondary N) is 1. The molecular weight excluding hydrogens is 270 g/mol. The van der Waals surface area contributed by atoms with Crippen molar-refractivity contribution in [2.75, 3.05) is 0 Å². The molecule has 0 aromatic carbocycles. The van der Waals surface area contributed by atoms with Crippen LogP contribution >= 0.6 is 22.9 Å². The highest BCUT2D eigenvalue weighted by Crippen LogP contribution is 2.26. The molecule has 0 saturated carbocycles. The van der Waals surface area contributed by atoms with E-state index in [0.717, 1.165) is 22.9 Å². The predicted molar refractivity (Wildman–Crippen MR) is 73.5 cm³/mol. The van der Waals surface area contributed by atoms with Crippen LogP contribution in [0, 0.1) is 6.92 Å². The molecule has 18 heavy (non-hydrogen) atoms. The van der Waals surface area contributed by atoms with Crippen molar-refractivity contribution in [1.82, 2.24) is 20.2 Å². The molecule has 0 amide bonds. The Kier molecular flexibility index (Phi) is 4.34. The lowest BCUT2D eigenvalue weighted by molar-refractivity contribution is 0.490. The number of halogens is 1. The van der Waals surface area contributed by atoms with Crippen molar-refractivity contribution in [1.29, 1.82) is 0 Å². The predicted octanol–water partition coefficient (Wildman–Crippen LogP) is 2.07. The first kappa shape index (κ1) is 13.5. The van der Waals surface area contributed by atoms with Crippen LogP contribution in [0.1, 0.15) is 29.4 Å². The molecule has 2 heterocycles. The van der Waals surface area contributed by atoms with Crippen molar-refractivity contribution >= 4 is 22.9 Å². The van der Waals surface area contributed by atoms with Crippen LogP contribution in [0.5, 0.6) is 0 Å². The summed E-state index contributed by atoms with van der Waals surface area (Å²) in [4.78, 5) is 4.44. The minimum absolute atomic E-state index is 0.0782. The zero-order valence-electron chi connectivity index (χ0n) is 10.4. The minimum atomic E-state index is -0.0782. The van der Waals surface area contributed by atoms with Gasteiger partial charge in [-0.25, -0.2) is 4.98 Å². The first-order valence-corrected chi connectivity index (χ1v) is 6.99. The molecule has 0 aliphatic heterocycles. The van der Waals surface area contributed by atoms with Gasteiger partial charge in [0.15, 0.2) is 0 Å². The molecule has 98 valence electrons. The molecule has 0 aliphatic carbocycles. The zero-order chi connectivity index (χ0) is 13.1. The third-order valence-electron chi connectivity index (χ3n) is 2.71. The molecule has 1 unspecified atom stereocenters. The number of nitrogens with zero attached hydrogens (tertiary/aromatic N) is 3. The molecule has 0 radical (unpaired) electrons. The summed E-state index contributed by atoms with van der Waals surface area (Å²) < 4.78 is 1.85. The second kappa shape index (κ2) is 5.79. The van der Waals surface area contributed by atoms with Crippen LogP contribution in [0.3, 0.4) is 0 Å². The van der Waals surface area contributed by atoms with Crippen LogP contribution in [0.4, 0.5) is 0 Å². The van der Waals surface area contributed by atoms with Crippen LogP contribution < -0.4 is 11.3 Å². The monoisotopic (exact) mass is 285 g/mol. The van der Waals surface area contributed by atoms with E-state index in [-0.39, 0.29) is 6.04 Å². The second-order valence-corrected chi connectivity index (χ2v) is 5.35. The van der Waals surface area contributed by atoms with Crippen molar-refractivity contribution in [3.8, 4) is 0 Å². The number of thiazole rings is 1. The number of rotatable bonds is 5. The fraction of sp³-hybridized carbons (Fsp3) is 0.455. The van der Waals surface area contributed by atoms with Crippen molar-refractivity contribution in [3.63, 3.8) is 0 Å². The van der Waals surface area contributed by atoms with E-state index >= 15 is 0 Å². The Morgan fingerprint density at radius 3 is 2.94 bits per heavy atom. The van der Waals surface area contributed by atoms with Gasteiger partial charge in [0.2, 0.25) is 0 Å². The minimum Gasteiger partial charge on any atom is -0.271 e. The van der Waals surface area contributed by atoms with E-state index in [0.29, 0.717) is 11.4 Å². The van der Waals surface area contributed by atoms with Crippen molar-refractivity contribution in [2.45, 2.75) is 32.9 Å². The van der Waals surface area contributed by atoms with Gasteiger partial charge in [-0.3, -0.25) is 16.0 Å². The maximum Gasteiger partial charge on any atom is 0.0948 e. The first-order chi connectivity index (χ1) is 8.65. The van der Waals surface area contributed by atoms with Gasteiger partial charge < -0.3 is 0 Å². The van der Waals surface area contributed by atoms with Crippen LogP contribution in [0.2, 0.25) is 5.02 Å². The van der Waals surface area contributed by atoms with Crippen molar-refractivity contribution in [2.24, 2.45) is 5.84 Å².